The van der Waals surface area contributed by atoms with E-state index in [1.54, 1.807) is 0 Å². The number of carbonyl (C=O) groups is 1. The molecule has 2 rings (SSSR count). The number of halogens is 1. The molecule has 0 atom stereocenters. The minimum absolute atomic E-state index is 0.0416. The molecule has 0 spiro atoms. The summed E-state index contributed by atoms with van der Waals surface area (Å²) in [6, 6.07) is 10.7. The number of hydrogen-bond donors (Lipinski definition) is 1. The van der Waals surface area contributed by atoms with Crippen LogP contribution in [0.4, 0.5) is 10.1 Å². The lowest BCUT2D eigenvalue weighted by atomic mass is 10.1. The van der Waals surface area contributed by atoms with Crippen LogP contribution in [-0.4, -0.2) is 20.6 Å². The molecule has 0 aliphatic heterocycles. The van der Waals surface area contributed by atoms with Gasteiger partial charge in [0, 0.05) is 6.26 Å². The Bertz CT molecular complexity index is 816. The van der Waals surface area contributed by atoms with Gasteiger partial charge in [-0.15, -0.1) is 0 Å². The maximum absolute atomic E-state index is 13.7. The summed E-state index contributed by atoms with van der Waals surface area (Å²) in [6.07, 6.45) is 1.12. The first-order chi connectivity index (χ1) is 10.3. The minimum Gasteiger partial charge on any atom is -0.323 e. The van der Waals surface area contributed by atoms with E-state index in [0.717, 1.165) is 29.5 Å². The molecule has 4 nitrogen and oxygen atoms in total. The molecule has 0 aliphatic carbocycles. The fraction of sp³-hybridized carbons (Fsp3) is 0.188. The zero-order valence-electron chi connectivity index (χ0n) is 12.3. The molecule has 1 amide bonds. The van der Waals surface area contributed by atoms with Crippen LogP contribution in [0, 0.1) is 12.7 Å². The third-order valence-corrected chi connectivity index (χ3v) is 4.36. The van der Waals surface area contributed by atoms with Crippen LogP contribution in [0.15, 0.2) is 47.4 Å². The molecule has 116 valence electrons. The van der Waals surface area contributed by atoms with Crippen LogP contribution in [0.25, 0.3) is 0 Å². The van der Waals surface area contributed by atoms with Crippen LogP contribution in [0.2, 0.25) is 0 Å². The van der Waals surface area contributed by atoms with Crippen LogP contribution >= 0.6 is 0 Å². The predicted molar refractivity (Wildman–Crippen MR) is 83.0 cm³/mol. The van der Waals surface area contributed by atoms with Gasteiger partial charge in [-0.1, -0.05) is 24.3 Å². The molecule has 0 saturated carbocycles. The lowest BCUT2D eigenvalue weighted by Crippen LogP contribution is -2.16. The van der Waals surface area contributed by atoms with Crippen molar-refractivity contribution in [2.75, 3.05) is 11.6 Å². The van der Waals surface area contributed by atoms with Crippen molar-refractivity contribution in [1.82, 2.24) is 0 Å². The second-order valence-corrected chi connectivity index (χ2v) is 7.08. The monoisotopic (exact) mass is 321 g/mol. The van der Waals surface area contributed by atoms with Crippen LogP contribution in [0.1, 0.15) is 11.1 Å². The van der Waals surface area contributed by atoms with Crippen LogP contribution in [-0.2, 0) is 21.1 Å². The first-order valence-corrected chi connectivity index (χ1v) is 8.50. The van der Waals surface area contributed by atoms with Gasteiger partial charge in [-0.3, -0.25) is 4.79 Å². The summed E-state index contributed by atoms with van der Waals surface area (Å²) < 4.78 is 36.7. The van der Waals surface area contributed by atoms with Gasteiger partial charge < -0.3 is 5.32 Å². The molecule has 0 heterocycles. The van der Waals surface area contributed by atoms with Gasteiger partial charge in [-0.25, -0.2) is 12.8 Å². The Morgan fingerprint density at radius 1 is 1.18 bits per heavy atom. The summed E-state index contributed by atoms with van der Waals surface area (Å²) in [5.41, 5.74) is 1.66. The number of nitrogens with one attached hydrogen (secondary N) is 1. The molecule has 0 aliphatic rings. The van der Waals surface area contributed by atoms with Gasteiger partial charge in [0.1, 0.15) is 5.82 Å². The normalized spacial score (nSPS) is 11.2. The molecule has 0 saturated heterocycles. The second kappa shape index (κ2) is 6.27. The Hall–Kier alpha value is -2.21. The molecule has 0 unspecified atom stereocenters. The van der Waals surface area contributed by atoms with Crippen molar-refractivity contribution in [1.29, 1.82) is 0 Å². The first-order valence-electron chi connectivity index (χ1n) is 6.61. The van der Waals surface area contributed by atoms with Crippen LogP contribution in [0.3, 0.4) is 0 Å². The fourth-order valence-electron chi connectivity index (χ4n) is 2.01. The van der Waals surface area contributed by atoms with Crippen molar-refractivity contribution < 1.29 is 17.6 Å². The Kier molecular flexibility index (Phi) is 4.61. The molecule has 2 aromatic carbocycles. The standard InChI is InChI=1S/C16H16FNO3S/c1-11-5-3-4-6-12(11)9-16(19)18-15-10-13(22(2,20)21)7-8-14(15)17/h3-8,10H,9H2,1-2H3,(H,18,19). The first kappa shape index (κ1) is 16.2. The lowest BCUT2D eigenvalue weighted by Gasteiger charge is -2.09. The smallest absolute Gasteiger partial charge is 0.228 e. The van der Waals surface area contributed by atoms with E-state index in [1.807, 2.05) is 31.2 Å². The van der Waals surface area contributed by atoms with Crippen LogP contribution < -0.4 is 5.32 Å². The summed E-state index contributed by atoms with van der Waals surface area (Å²) in [5.74, 6) is -1.08. The number of rotatable bonds is 4. The number of amides is 1. The highest BCUT2D eigenvalue weighted by molar-refractivity contribution is 7.90. The molecule has 2 aromatic rings. The summed E-state index contributed by atoms with van der Waals surface area (Å²) in [7, 11) is -3.46. The van der Waals surface area contributed by atoms with E-state index in [4.69, 9.17) is 0 Å². The van der Waals surface area contributed by atoms with Crippen LogP contribution in [0.5, 0.6) is 0 Å². The predicted octanol–water partition coefficient (Wildman–Crippen LogP) is 2.72. The molecule has 0 radical (unpaired) electrons. The topological polar surface area (TPSA) is 63.2 Å². The molecule has 1 N–H and O–H groups in total. The summed E-state index contributed by atoms with van der Waals surface area (Å²) in [6.45, 7) is 1.88. The Morgan fingerprint density at radius 3 is 2.50 bits per heavy atom. The van der Waals surface area contributed by atoms with Crippen molar-refractivity contribution in [2.24, 2.45) is 0 Å². The maximum atomic E-state index is 13.7. The van der Waals surface area contributed by atoms with Gasteiger partial charge in [-0.2, -0.15) is 0 Å². The molecule has 0 fully saturated rings. The van der Waals surface area contributed by atoms with E-state index in [9.17, 15) is 17.6 Å². The number of sulfone groups is 1. The fourth-order valence-corrected chi connectivity index (χ4v) is 2.65. The van der Waals surface area contributed by atoms with Gasteiger partial charge >= 0.3 is 0 Å². The highest BCUT2D eigenvalue weighted by Crippen LogP contribution is 2.20. The van der Waals surface area contributed by atoms with Gasteiger partial charge in [0.15, 0.2) is 9.84 Å². The zero-order valence-corrected chi connectivity index (χ0v) is 13.1. The average molecular weight is 321 g/mol. The highest BCUT2D eigenvalue weighted by Gasteiger charge is 2.13. The minimum atomic E-state index is -3.46. The van der Waals surface area contributed by atoms with Gasteiger partial charge in [0.2, 0.25) is 5.91 Å². The molecule has 22 heavy (non-hydrogen) atoms. The number of aryl methyl sites for hydroxylation is 1. The van der Waals surface area contributed by atoms with Gasteiger partial charge in [0.25, 0.3) is 0 Å². The average Bonchev–Trinajstić information content (AvgIpc) is 2.42. The third kappa shape index (κ3) is 3.92. The number of carbonyl (C=O) groups excluding carboxylic acids is 1. The molecular weight excluding hydrogens is 305 g/mol. The number of anilines is 1. The van der Waals surface area contributed by atoms with Crippen molar-refractivity contribution >= 4 is 21.4 Å². The summed E-state index contributed by atoms with van der Waals surface area (Å²) in [5, 5.41) is 2.42. The van der Waals surface area contributed by atoms with Crippen molar-refractivity contribution in [3.63, 3.8) is 0 Å². The van der Waals surface area contributed by atoms with E-state index in [1.165, 1.54) is 6.07 Å². The Balaban J connectivity index is 2.20. The third-order valence-electron chi connectivity index (χ3n) is 3.25. The van der Waals surface area contributed by atoms with Crippen molar-refractivity contribution in [2.45, 2.75) is 18.2 Å². The number of hydrogen-bond acceptors (Lipinski definition) is 3. The van der Waals surface area contributed by atoms with E-state index in [2.05, 4.69) is 5.32 Å². The largest absolute Gasteiger partial charge is 0.323 e. The Morgan fingerprint density at radius 2 is 1.86 bits per heavy atom. The van der Waals surface area contributed by atoms with Gasteiger partial charge in [-0.05, 0) is 36.2 Å². The molecule has 0 bridgehead atoms. The van der Waals surface area contributed by atoms with Crippen molar-refractivity contribution in [3.05, 3.63) is 59.4 Å². The summed E-state index contributed by atoms with van der Waals surface area (Å²) in [4.78, 5) is 12.0. The van der Waals surface area contributed by atoms with E-state index >= 15 is 0 Å². The molecular formula is C16H16FNO3S. The zero-order chi connectivity index (χ0) is 16.3. The quantitative estimate of drug-likeness (QED) is 0.881. The lowest BCUT2D eigenvalue weighted by molar-refractivity contribution is -0.115. The number of benzene rings is 2. The molecule has 6 heteroatoms. The SMILES string of the molecule is Cc1ccccc1CC(=O)Nc1cc(S(C)(=O)=O)ccc1F. The second-order valence-electron chi connectivity index (χ2n) is 5.07. The molecule has 0 aromatic heterocycles. The maximum Gasteiger partial charge on any atom is 0.228 e. The highest BCUT2D eigenvalue weighted by atomic mass is 32.2. The van der Waals surface area contributed by atoms with Gasteiger partial charge in [0.05, 0.1) is 17.0 Å². The van der Waals surface area contributed by atoms with E-state index < -0.39 is 21.6 Å². The Labute approximate surface area is 128 Å². The van der Waals surface area contributed by atoms with E-state index in [0.29, 0.717) is 0 Å². The summed E-state index contributed by atoms with van der Waals surface area (Å²) >= 11 is 0. The van der Waals surface area contributed by atoms with E-state index in [-0.39, 0.29) is 17.0 Å². The van der Waals surface area contributed by atoms with Crippen molar-refractivity contribution in [3.8, 4) is 0 Å².